The Bertz CT molecular complexity index is 778. The van der Waals surface area contributed by atoms with Crippen LogP contribution in [0.2, 0.25) is 0 Å². The molecule has 0 atom stereocenters. The van der Waals surface area contributed by atoms with Crippen molar-refractivity contribution in [1.82, 2.24) is 5.32 Å². The number of carbonyl (C=O) groups is 2. The Balaban J connectivity index is 1.78. The second-order valence-corrected chi connectivity index (χ2v) is 6.31. The third-order valence-electron chi connectivity index (χ3n) is 3.95. The smallest absolute Gasteiger partial charge is 0.251 e. The summed E-state index contributed by atoms with van der Waals surface area (Å²) in [6.45, 7) is 6.37. The zero-order chi connectivity index (χ0) is 20.9. The summed E-state index contributed by atoms with van der Waals surface area (Å²) in [5, 5.41) is 8.69. The zero-order valence-electron chi connectivity index (χ0n) is 17.0. The lowest BCUT2D eigenvalue weighted by Gasteiger charge is -2.11. The van der Waals surface area contributed by atoms with Crippen LogP contribution < -0.4 is 20.7 Å². The van der Waals surface area contributed by atoms with Gasteiger partial charge in [0.15, 0.2) is 0 Å². The van der Waals surface area contributed by atoms with E-state index < -0.39 is 0 Å². The van der Waals surface area contributed by atoms with Crippen LogP contribution in [0, 0.1) is 0 Å². The van der Waals surface area contributed by atoms with Gasteiger partial charge in [0.25, 0.3) is 5.91 Å². The number of hydrogen-bond donors (Lipinski definition) is 3. The fourth-order valence-electron chi connectivity index (χ4n) is 2.49. The summed E-state index contributed by atoms with van der Waals surface area (Å²) in [5.74, 6) is 0.414. The second kappa shape index (κ2) is 12.4. The van der Waals surface area contributed by atoms with Gasteiger partial charge >= 0.3 is 0 Å². The van der Waals surface area contributed by atoms with E-state index in [9.17, 15) is 9.59 Å². The molecule has 0 heterocycles. The van der Waals surface area contributed by atoms with Crippen molar-refractivity contribution in [1.29, 1.82) is 0 Å². The fourth-order valence-corrected chi connectivity index (χ4v) is 2.49. The Morgan fingerprint density at radius 2 is 1.76 bits per heavy atom. The van der Waals surface area contributed by atoms with E-state index in [0.29, 0.717) is 43.4 Å². The second-order valence-electron chi connectivity index (χ2n) is 6.31. The van der Waals surface area contributed by atoms with Crippen molar-refractivity contribution < 1.29 is 19.1 Å². The van der Waals surface area contributed by atoms with Gasteiger partial charge in [0.05, 0.1) is 13.2 Å². The molecule has 7 heteroatoms. The summed E-state index contributed by atoms with van der Waals surface area (Å²) < 4.78 is 10.9. The summed E-state index contributed by atoms with van der Waals surface area (Å²) in [4.78, 5) is 24.1. The number of hydrogen-bond acceptors (Lipinski definition) is 5. The highest BCUT2D eigenvalue weighted by Gasteiger charge is 2.06. The Kier molecular flexibility index (Phi) is 9.51. The van der Waals surface area contributed by atoms with Crippen LogP contribution in [0.5, 0.6) is 5.75 Å². The maximum absolute atomic E-state index is 12.2. The number of nitrogens with one attached hydrogen (secondary N) is 3. The van der Waals surface area contributed by atoms with Gasteiger partial charge in [-0.15, -0.1) is 0 Å². The van der Waals surface area contributed by atoms with Gasteiger partial charge in [0, 0.05) is 36.2 Å². The molecule has 7 nitrogen and oxygen atoms in total. The van der Waals surface area contributed by atoms with Crippen molar-refractivity contribution in [2.24, 2.45) is 0 Å². The molecule has 0 unspecified atom stereocenters. The Hall–Kier alpha value is -3.06. The van der Waals surface area contributed by atoms with E-state index in [0.717, 1.165) is 12.1 Å². The van der Waals surface area contributed by atoms with Crippen LogP contribution in [-0.2, 0) is 9.53 Å². The van der Waals surface area contributed by atoms with Gasteiger partial charge in [-0.2, -0.15) is 0 Å². The third-order valence-corrected chi connectivity index (χ3v) is 3.95. The quantitative estimate of drug-likeness (QED) is 0.477. The molecule has 2 amide bonds. The SMILES string of the molecule is CCCNC(=O)c1ccc(NC(=O)CNc2cccc(OCCOCC)c2)cc1. The monoisotopic (exact) mass is 399 g/mol. The molecule has 0 radical (unpaired) electrons. The molecule has 0 saturated heterocycles. The predicted octanol–water partition coefficient (Wildman–Crippen LogP) is 3.29. The van der Waals surface area contributed by atoms with Crippen LogP contribution in [-0.4, -0.2) is 44.7 Å². The molecule has 2 aromatic rings. The highest BCUT2D eigenvalue weighted by Crippen LogP contribution is 2.17. The number of carbonyl (C=O) groups excluding carboxylic acids is 2. The summed E-state index contributed by atoms with van der Waals surface area (Å²) >= 11 is 0. The van der Waals surface area contributed by atoms with Gasteiger partial charge < -0.3 is 25.4 Å². The molecule has 0 aliphatic rings. The normalized spacial score (nSPS) is 10.3. The highest BCUT2D eigenvalue weighted by molar-refractivity contribution is 5.96. The lowest BCUT2D eigenvalue weighted by Crippen LogP contribution is -2.24. The highest BCUT2D eigenvalue weighted by atomic mass is 16.5. The minimum atomic E-state index is -0.184. The Labute approximate surface area is 171 Å². The lowest BCUT2D eigenvalue weighted by molar-refractivity contribution is -0.114. The molecule has 3 N–H and O–H groups in total. The van der Waals surface area contributed by atoms with E-state index in [1.807, 2.05) is 38.1 Å². The maximum Gasteiger partial charge on any atom is 0.251 e. The van der Waals surface area contributed by atoms with E-state index in [1.165, 1.54) is 0 Å². The van der Waals surface area contributed by atoms with Crippen molar-refractivity contribution in [2.75, 3.05) is 43.5 Å². The summed E-state index contributed by atoms with van der Waals surface area (Å²) in [5.41, 5.74) is 1.99. The van der Waals surface area contributed by atoms with Gasteiger partial charge in [-0.1, -0.05) is 13.0 Å². The molecule has 0 fully saturated rings. The molecule has 0 spiro atoms. The summed E-state index contributed by atoms with van der Waals surface area (Å²) in [6, 6.07) is 14.2. The zero-order valence-corrected chi connectivity index (χ0v) is 17.0. The Morgan fingerprint density at radius 1 is 0.966 bits per heavy atom. The third kappa shape index (κ3) is 8.23. The minimum absolute atomic E-state index is 0.112. The van der Waals surface area contributed by atoms with Gasteiger partial charge in [-0.05, 0) is 49.7 Å². The van der Waals surface area contributed by atoms with Gasteiger partial charge in [-0.25, -0.2) is 0 Å². The van der Waals surface area contributed by atoms with Crippen LogP contribution in [0.4, 0.5) is 11.4 Å². The van der Waals surface area contributed by atoms with Crippen LogP contribution in [0.1, 0.15) is 30.6 Å². The van der Waals surface area contributed by atoms with Crippen LogP contribution >= 0.6 is 0 Å². The summed E-state index contributed by atoms with van der Waals surface area (Å²) in [6.07, 6.45) is 0.884. The van der Waals surface area contributed by atoms with E-state index in [4.69, 9.17) is 9.47 Å². The van der Waals surface area contributed by atoms with Crippen LogP contribution in [0.25, 0.3) is 0 Å². The van der Waals surface area contributed by atoms with Gasteiger partial charge in [0.1, 0.15) is 12.4 Å². The molecule has 0 aromatic heterocycles. The molecule has 2 rings (SSSR count). The van der Waals surface area contributed by atoms with Gasteiger partial charge in [0.2, 0.25) is 5.91 Å². The standard InChI is InChI=1S/C22H29N3O4/c1-3-12-23-22(27)17-8-10-18(11-9-17)25-21(26)16-24-19-6-5-7-20(15-19)29-14-13-28-4-2/h5-11,15,24H,3-4,12-14,16H2,1-2H3,(H,23,27)(H,25,26). The first-order valence-corrected chi connectivity index (χ1v) is 9.85. The molecule has 29 heavy (non-hydrogen) atoms. The molecule has 0 bridgehead atoms. The fraction of sp³-hybridized carbons (Fsp3) is 0.364. The largest absolute Gasteiger partial charge is 0.491 e. The first kappa shape index (κ1) is 22.2. The molecular formula is C22H29N3O4. The van der Waals surface area contributed by atoms with Gasteiger partial charge in [-0.3, -0.25) is 9.59 Å². The Morgan fingerprint density at radius 3 is 2.48 bits per heavy atom. The van der Waals surface area contributed by atoms with Crippen molar-refractivity contribution >= 4 is 23.2 Å². The van der Waals surface area contributed by atoms with Crippen molar-refractivity contribution in [2.45, 2.75) is 20.3 Å². The van der Waals surface area contributed by atoms with Crippen molar-refractivity contribution in [3.05, 3.63) is 54.1 Å². The number of benzene rings is 2. The van der Waals surface area contributed by atoms with E-state index in [2.05, 4.69) is 16.0 Å². The number of anilines is 2. The first-order valence-electron chi connectivity index (χ1n) is 9.85. The molecule has 2 aromatic carbocycles. The molecule has 0 aliphatic heterocycles. The van der Waals surface area contributed by atoms with E-state index in [1.54, 1.807) is 24.3 Å². The van der Waals surface area contributed by atoms with Crippen LogP contribution in [0.3, 0.4) is 0 Å². The lowest BCUT2D eigenvalue weighted by atomic mass is 10.2. The maximum atomic E-state index is 12.2. The van der Waals surface area contributed by atoms with Crippen molar-refractivity contribution in [3.63, 3.8) is 0 Å². The average Bonchev–Trinajstić information content (AvgIpc) is 2.74. The topological polar surface area (TPSA) is 88.7 Å². The average molecular weight is 399 g/mol. The first-order chi connectivity index (χ1) is 14.1. The molecule has 0 aliphatic carbocycles. The van der Waals surface area contributed by atoms with E-state index >= 15 is 0 Å². The number of amides is 2. The summed E-state index contributed by atoms with van der Waals surface area (Å²) in [7, 11) is 0. The van der Waals surface area contributed by atoms with E-state index in [-0.39, 0.29) is 18.4 Å². The molecular weight excluding hydrogens is 370 g/mol. The molecule has 156 valence electrons. The number of ether oxygens (including phenoxy) is 2. The minimum Gasteiger partial charge on any atom is -0.491 e. The predicted molar refractivity (Wildman–Crippen MR) is 115 cm³/mol. The van der Waals surface area contributed by atoms with Crippen LogP contribution in [0.15, 0.2) is 48.5 Å². The van der Waals surface area contributed by atoms with Crippen molar-refractivity contribution in [3.8, 4) is 5.75 Å². The number of rotatable bonds is 12. The molecule has 0 saturated carbocycles.